The van der Waals surface area contributed by atoms with Crippen molar-refractivity contribution in [1.29, 1.82) is 0 Å². The Hall–Kier alpha value is -0.160. The van der Waals surface area contributed by atoms with E-state index < -0.39 is 0 Å². The molecule has 0 amide bonds. The van der Waals surface area contributed by atoms with Gasteiger partial charge in [-0.25, -0.2) is 0 Å². The van der Waals surface area contributed by atoms with Gasteiger partial charge in [-0.1, -0.05) is 0 Å². The fraction of sp³-hybridized carbons (Fsp3) is 1.00. The van der Waals surface area contributed by atoms with E-state index in [9.17, 15) is 5.11 Å². The predicted octanol–water partition coefficient (Wildman–Crippen LogP) is 2.89. The molecule has 3 fully saturated rings. The maximum Gasteiger partial charge on any atom is 0.0672 e. The van der Waals surface area contributed by atoms with Crippen LogP contribution in [-0.2, 0) is 4.74 Å². The Kier molecular flexibility index (Phi) is 5.07. The third kappa shape index (κ3) is 3.67. The Morgan fingerprint density at radius 3 is 2.00 bits per heavy atom. The summed E-state index contributed by atoms with van der Waals surface area (Å²) in [5, 5.41) is 9.77. The molecule has 0 saturated carbocycles. The summed E-state index contributed by atoms with van der Waals surface area (Å²) in [6, 6.07) is 0. The SMILES string of the molecule is CC(C)(C)N1CCC2(CC1)COC2CC(C)(C)N1CCC(O)CC1. The summed E-state index contributed by atoms with van der Waals surface area (Å²) in [6.45, 7) is 17.1. The summed E-state index contributed by atoms with van der Waals surface area (Å²) in [7, 11) is 0. The predicted molar refractivity (Wildman–Crippen MR) is 98.2 cm³/mol. The van der Waals surface area contributed by atoms with Crippen LogP contribution in [0.2, 0.25) is 0 Å². The number of piperidine rings is 2. The van der Waals surface area contributed by atoms with E-state index in [-0.39, 0.29) is 17.2 Å². The first kappa shape index (κ1) is 18.6. The van der Waals surface area contributed by atoms with Crippen molar-refractivity contribution in [1.82, 2.24) is 9.80 Å². The fourth-order valence-corrected chi connectivity index (χ4v) is 4.86. The van der Waals surface area contributed by atoms with Gasteiger partial charge in [0.2, 0.25) is 0 Å². The van der Waals surface area contributed by atoms with Gasteiger partial charge in [-0.3, -0.25) is 9.80 Å². The van der Waals surface area contributed by atoms with Crippen LogP contribution < -0.4 is 0 Å². The average molecular weight is 339 g/mol. The van der Waals surface area contributed by atoms with E-state index in [0.29, 0.717) is 11.5 Å². The molecule has 4 heteroatoms. The number of rotatable bonds is 3. The topological polar surface area (TPSA) is 35.9 Å². The van der Waals surface area contributed by atoms with Gasteiger partial charge in [-0.05, 0) is 79.8 Å². The first-order valence-electron chi connectivity index (χ1n) is 9.92. The van der Waals surface area contributed by atoms with Gasteiger partial charge < -0.3 is 9.84 Å². The lowest BCUT2D eigenvalue weighted by Crippen LogP contribution is -2.62. The summed E-state index contributed by atoms with van der Waals surface area (Å²) >= 11 is 0. The maximum absolute atomic E-state index is 9.77. The summed E-state index contributed by atoms with van der Waals surface area (Å²) < 4.78 is 6.10. The molecule has 0 bridgehead atoms. The van der Waals surface area contributed by atoms with Gasteiger partial charge in [-0.2, -0.15) is 0 Å². The third-order valence-electron chi connectivity index (χ3n) is 6.97. The normalized spacial score (nSPS) is 30.5. The Morgan fingerprint density at radius 1 is 0.958 bits per heavy atom. The van der Waals surface area contributed by atoms with Crippen molar-refractivity contribution in [2.75, 3.05) is 32.8 Å². The van der Waals surface area contributed by atoms with Gasteiger partial charge in [0.15, 0.2) is 0 Å². The monoisotopic (exact) mass is 338 g/mol. The zero-order chi connectivity index (χ0) is 17.6. The minimum absolute atomic E-state index is 0.0925. The van der Waals surface area contributed by atoms with Gasteiger partial charge in [0.05, 0.1) is 18.8 Å². The third-order valence-corrected chi connectivity index (χ3v) is 6.97. The van der Waals surface area contributed by atoms with E-state index in [1.165, 1.54) is 25.9 Å². The molecular formula is C20H38N2O2. The van der Waals surface area contributed by atoms with Crippen LogP contribution in [-0.4, -0.2) is 71.0 Å². The van der Waals surface area contributed by atoms with Crippen LogP contribution in [0.1, 0.15) is 66.7 Å². The highest BCUT2D eigenvalue weighted by atomic mass is 16.5. The minimum Gasteiger partial charge on any atom is -0.393 e. The molecular weight excluding hydrogens is 300 g/mol. The first-order chi connectivity index (χ1) is 11.1. The summed E-state index contributed by atoms with van der Waals surface area (Å²) in [5.74, 6) is 0. The molecule has 3 aliphatic rings. The van der Waals surface area contributed by atoms with Crippen molar-refractivity contribution in [2.45, 2.75) is 90.0 Å². The molecule has 0 aliphatic carbocycles. The lowest BCUT2D eigenvalue weighted by molar-refractivity contribution is -0.223. The van der Waals surface area contributed by atoms with Crippen molar-refractivity contribution < 1.29 is 9.84 Å². The van der Waals surface area contributed by atoms with Crippen LogP contribution >= 0.6 is 0 Å². The Labute approximate surface area is 148 Å². The lowest BCUT2D eigenvalue weighted by Gasteiger charge is -2.57. The molecule has 3 aliphatic heterocycles. The molecule has 3 saturated heterocycles. The number of hydrogen-bond acceptors (Lipinski definition) is 4. The molecule has 1 unspecified atom stereocenters. The second-order valence-electron chi connectivity index (χ2n) is 10.1. The molecule has 1 atom stereocenters. The number of aliphatic hydroxyl groups excluding tert-OH is 1. The van der Waals surface area contributed by atoms with Gasteiger partial charge >= 0.3 is 0 Å². The zero-order valence-corrected chi connectivity index (χ0v) is 16.5. The summed E-state index contributed by atoms with van der Waals surface area (Å²) in [4.78, 5) is 5.20. The van der Waals surface area contributed by atoms with Gasteiger partial charge in [-0.15, -0.1) is 0 Å². The molecule has 0 aromatic carbocycles. The number of ether oxygens (including phenoxy) is 1. The van der Waals surface area contributed by atoms with Crippen LogP contribution in [0.15, 0.2) is 0 Å². The maximum atomic E-state index is 9.77. The van der Waals surface area contributed by atoms with Crippen molar-refractivity contribution in [3.8, 4) is 0 Å². The molecule has 0 radical (unpaired) electrons. The molecule has 0 aromatic heterocycles. The van der Waals surface area contributed by atoms with E-state index >= 15 is 0 Å². The fourth-order valence-electron chi connectivity index (χ4n) is 4.86. The van der Waals surface area contributed by atoms with Crippen LogP contribution in [0.5, 0.6) is 0 Å². The van der Waals surface area contributed by atoms with E-state index in [1.807, 2.05) is 0 Å². The molecule has 140 valence electrons. The van der Waals surface area contributed by atoms with Crippen molar-refractivity contribution >= 4 is 0 Å². The van der Waals surface area contributed by atoms with E-state index in [2.05, 4.69) is 44.4 Å². The van der Waals surface area contributed by atoms with Crippen LogP contribution in [0, 0.1) is 5.41 Å². The summed E-state index contributed by atoms with van der Waals surface area (Å²) in [6.07, 6.45) is 5.85. The number of hydrogen-bond donors (Lipinski definition) is 1. The molecule has 0 aromatic rings. The van der Waals surface area contributed by atoms with E-state index in [1.54, 1.807) is 0 Å². The quantitative estimate of drug-likeness (QED) is 0.858. The Bertz CT molecular complexity index is 427. The standard InChI is InChI=1S/C20H38N2O2/c1-18(2,3)21-12-8-20(9-13-21)15-24-17(20)14-19(4,5)22-10-6-16(23)7-11-22/h16-17,23H,6-15H2,1-5H3. The minimum atomic E-state index is -0.0925. The first-order valence-corrected chi connectivity index (χ1v) is 9.92. The number of aliphatic hydroxyl groups is 1. The van der Waals surface area contributed by atoms with Crippen LogP contribution in [0.25, 0.3) is 0 Å². The van der Waals surface area contributed by atoms with Gasteiger partial charge in [0, 0.05) is 29.6 Å². The van der Waals surface area contributed by atoms with E-state index in [4.69, 9.17) is 4.74 Å². The van der Waals surface area contributed by atoms with Crippen LogP contribution in [0.4, 0.5) is 0 Å². The van der Waals surface area contributed by atoms with E-state index in [0.717, 1.165) is 39.0 Å². The highest BCUT2D eigenvalue weighted by molar-refractivity contribution is 5.03. The number of likely N-dealkylation sites (tertiary alicyclic amines) is 2. The van der Waals surface area contributed by atoms with Crippen molar-refractivity contribution in [3.05, 3.63) is 0 Å². The van der Waals surface area contributed by atoms with Gasteiger partial charge in [0.25, 0.3) is 0 Å². The molecule has 24 heavy (non-hydrogen) atoms. The lowest BCUT2D eigenvalue weighted by atomic mass is 9.67. The van der Waals surface area contributed by atoms with Crippen molar-refractivity contribution in [3.63, 3.8) is 0 Å². The smallest absolute Gasteiger partial charge is 0.0672 e. The zero-order valence-electron chi connectivity index (χ0n) is 16.5. The molecule has 3 heterocycles. The molecule has 3 rings (SSSR count). The second-order valence-corrected chi connectivity index (χ2v) is 10.1. The van der Waals surface area contributed by atoms with Crippen molar-refractivity contribution in [2.24, 2.45) is 5.41 Å². The highest BCUT2D eigenvalue weighted by Crippen LogP contribution is 2.48. The number of nitrogens with zero attached hydrogens (tertiary/aromatic N) is 2. The Balaban J connectivity index is 1.56. The van der Waals surface area contributed by atoms with Gasteiger partial charge in [0.1, 0.15) is 0 Å². The highest BCUT2D eigenvalue weighted by Gasteiger charge is 2.52. The summed E-state index contributed by atoms with van der Waals surface area (Å²) in [5.41, 5.74) is 0.878. The van der Waals surface area contributed by atoms with Crippen LogP contribution in [0.3, 0.4) is 0 Å². The molecule has 4 nitrogen and oxygen atoms in total. The average Bonchev–Trinajstić information content (AvgIpc) is 2.51. The molecule has 1 spiro atoms. The largest absolute Gasteiger partial charge is 0.393 e. The Morgan fingerprint density at radius 2 is 1.54 bits per heavy atom. The molecule has 1 N–H and O–H groups in total. The second kappa shape index (κ2) is 6.53.